The van der Waals surface area contributed by atoms with Crippen molar-refractivity contribution in [3.05, 3.63) is 46.2 Å². The zero-order valence-corrected chi connectivity index (χ0v) is 15.2. The van der Waals surface area contributed by atoms with Crippen LogP contribution in [0, 0.1) is 6.92 Å². The smallest absolute Gasteiger partial charge is 0.251 e. The average molecular weight is 345 g/mol. The third-order valence-corrected chi connectivity index (χ3v) is 5.11. The van der Waals surface area contributed by atoms with E-state index in [1.165, 1.54) is 31.4 Å². The molecule has 1 saturated carbocycles. The first-order valence-corrected chi connectivity index (χ1v) is 9.21. The van der Waals surface area contributed by atoms with Crippen molar-refractivity contribution in [1.82, 2.24) is 4.57 Å². The standard InChI is InChI=1S/C20H25ClN2O/c1-3-4-5-6-17-19(14-7-9-15(21)10-8-14)18(20(22)24)13(2)23(17)16-11-12-16/h7-10,16H,3-6,11-12H2,1-2H3,(H2,22,24). The number of aromatic nitrogens is 1. The van der Waals surface area contributed by atoms with Crippen LogP contribution >= 0.6 is 11.6 Å². The van der Waals surface area contributed by atoms with E-state index in [-0.39, 0.29) is 5.91 Å². The Kier molecular flexibility index (Phi) is 5.00. The van der Waals surface area contributed by atoms with Crippen LogP contribution in [0.25, 0.3) is 11.1 Å². The van der Waals surface area contributed by atoms with E-state index >= 15 is 0 Å². The summed E-state index contributed by atoms with van der Waals surface area (Å²) >= 11 is 6.04. The lowest BCUT2D eigenvalue weighted by Gasteiger charge is -2.12. The van der Waals surface area contributed by atoms with Crippen LogP contribution in [0.5, 0.6) is 0 Å². The minimum atomic E-state index is -0.339. The molecule has 0 unspecified atom stereocenters. The van der Waals surface area contributed by atoms with Crippen molar-refractivity contribution >= 4 is 17.5 Å². The van der Waals surface area contributed by atoms with Crippen molar-refractivity contribution in [2.24, 2.45) is 5.73 Å². The zero-order valence-electron chi connectivity index (χ0n) is 14.4. The highest BCUT2D eigenvalue weighted by atomic mass is 35.5. The topological polar surface area (TPSA) is 48.0 Å². The lowest BCUT2D eigenvalue weighted by Crippen LogP contribution is -2.13. The van der Waals surface area contributed by atoms with Gasteiger partial charge in [-0.15, -0.1) is 0 Å². The van der Waals surface area contributed by atoms with Crippen molar-refractivity contribution in [1.29, 1.82) is 0 Å². The van der Waals surface area contributed by atoms with E-state index < -0.39 is 0 Å². The number of hydrogen-bond donors (Lipinski definition) is 1. The minimum absolute atomic E-state index is 0.339. The molecule has 4 heteroatoms. The second kappa shape index (κ2) is 7.02. The lowest BCUT2D eigenvalue weighted by atomic mass is 9.97. The van der Waals surface area contributed by atoms with Gasteiger partial charge in [-0.1, -0.05) is 43.5 Å². The van der Waals surface area contributed by atoms with E-state index in [1.54, 1.807) is 0 Å². The van der Waals surface area contributed by atoms with Gasteiger partial charge in [0, 0.05) is 28.0 Å². The van der Waals surface area contributed by atoms with Crippen LogP contribution in [0.4, 0.5) is 0 Å². The van der Waals surface area contributed by atoms with Crippen LogP contribution in [0.3, 0.4) is 0 Å². The molecule has 1 fully saturated rings. The van der Waals surface area contributed by atoms with Crippen LogP contribution in [-0.4, -0.2) is 10.5 Å². The second-order valence-corrected chi connectivity index (χ2v) is 7.15. The maximum atomic E-state index is 12.2. The Balaban J connectivity index is 2.17. The van der Waals surface area contributed by atoms with Gasteiger partial charge in [0.05, 0.1) is 5.56 Å². The lowest BCUT2D eigenvalue weighted by molar-refractivity contribution is 0.1000. The van der Waals surface area contributed by atoms with Crippen LogP contribution in [0.2, 0.25) is 5.02 Å². The quantitative estimate of drug-likeness (QED) is 0.682. The number of primary amides is 1. The van der Waals surface area contributed by atoms with E-state index in [2.05, 4.69) is 11.5 Å². The van der Waals surface area contributed by atoms with Crippen molar-refractivity contribution in [2.75, 3.05) is 0 Å². The van der Waals surface area contributed by atoms with Gasteiger partial charge in [0.2, 0.25) is 0 Å². The zero-order chi connectivity index (χ0) is 17.3. The Morgan fingerprint density at radius 3 is 2.46 bits per heavy atom. The summed E-state index contributed by atoms with van der Waals surface area (Å²) in [5.41, 5.74) is 10.8. The summed E-state index contributed by atoms with van der Waals surface area (Å²) in [6.07, 6.45) is 6.87. The van der Waals surface area contributed by atoms with E-state index in [0.717, 1.165) is 29.7 Å². The average Bonchev–Trinajstić information content (AvgIpc) is 3.33. The molecule has 24 heavy (non-hydrogen) atoms. The Morgan fingerprint density at radius 2 is 1.92 bits per heavy atom. The number of halogens is 1. The van der Waals surface area contributed by atoms with Gasteiger partial charge in [0.25, 0.3) is 5.91 Å². The van der Waals surface area contributed by atoms with Crippen molar-refractivity contribution in [3.63, 3.8) is 0 Å². The predicted molar refractivity (Wildman–Crippen MR) is 99.6 cm³/mol. The third-order valence-electron chi connectivity index (χ3n) is 4.86. The molecule has 2 aromatic rings. The second-order valence-electron chi connectivity index (χ2n) is 6.71. The van der Waals surface area contributed by atoms with E-state index in [4.69, 9.17) is 17.3 Å². The maximum Gasteiger partial charge on any atom is 0.251 e. The molecular formula is C20H25ClN2O. The number of nitrogens with zero attached hydrogens (tertiary/aromatic N) is 1. The predicted octanol–water partition coefficient (Wildman–Crippen LogP) is 5.28. The van der Waals surface area contributed by atoms with E-state index in [0.29, 0.717) is 16.6 Å². The fraction of sp³-hybridized carbons (Fsp3) is 0.450. The molecule has 128 valence electrons. The SMILES string of the molecule is CCCCCc1c(-c2ccc(Cl)cc2)c(C(N)=O)c(C)n1C1CC1. The molecule has 0 bridgehead atoms. The first kappa shape index (κ1) is 17.1. The molecule has 0 saturated heterocycles. The molecule has 1 aliphatic rings. The molecular weight excluding hydrogens is 320 g/mol. The molecule has 0 radical (unpaired) electrons. The largest absolute Gasteiger partial charge is 0.366 e. The number of rotatable bonds is 7. The van der Waals surface area contributed by atoms with Crippen LogP contribution in [0.15, 0.2) is 24.3 Å². The highest BCUT2D eigenvalue weighted by Crippen LogP contribution is 2.43. The van der Waals surface area contributed by atoms with Gasteiger partial charge >= 0.3 is 0 Å². The fourth-order valence-corrected chi connectivity index (χ4v) is 3.74. The number of unbranched alkanes of at least 4 members (excludes halogenated alkanes) is 2. The Morgan fingerprint density at radius 1 is 1.25 bits per heavy atom. The summed E-state index contributed by atoms with van der Waals surface area (Å²) in [7, 11) is 0. The van der Waals surface area contributed by atoms with E-state index in [9.17, 15) is 4.79 Å². The van der Waals surface area contributed by atoms with Crippen LogP contribution in [0.1, 0.15) is 66.8 Å². The number of hydrogen-bond acceptors (Lipinski definition) is 1. The molecule has 2 N–H and O–H groups in total. The molecule has 1 amide bonds. The molecule has 3 nitrogen and oxygen atoms in total. The summed E-state index contributed by atoms with van der Waals surface area (Å²) in [6, 6.07) is 8.26. The van der Waals surface area contributed by atoms with Gasteiger partial charge in [0.15, 0.2) is 0 Å². The molecule has 1 heterocycles. The highest BCUT2D eigenvalue weighted by molar-refractivity contribution is 6.30. The van der Waals surface area contributed by atoms with Gasteiger partial charge in [0.1, 0.15) is 0 Å². The molecule has 3 rings (SSSR count). The third kappa shape index (κ3) is 3.23. The molecule has 1 aromatic heterocycles. The van der Waals surface area contributed by atoms with Crippen molar-refractivity contribution < 1.29 is 4.79 Å². The number of amides is 1. The summed E-state index contributed by atoms with van der Waals surface area (Å²) in [4.78, 5) is 12.2. The fourth-order valence-electron chi connectivity index (χ4n) is 3.61. The normalized spacial score (nSPS) is 14.1. The van der Waals surface area contributed by atoms with Crippen molar-refractivity contribution in [3.8, 4) is 11.1 Å². The minimum Gasteiger partial charge on any atom is -0.366 e. The van der Waals surface area contributed by atoms with Gasteiger partial charge in [-0.05, 0) is 50.3 Å². The highest BCUT2D eigenvalue weighted by Gasteiger charge is 2.32. The molecule has 1 aromatic carbocycles. The summed E-state index contributed by atoms with van der Waals surface area (Å²) in [5.74, 6) is -0.339. The van der Waals surface area contributed by atoms with Crippen LogP contribution < -0.4 is 5.73 Å². The monoisotopic (exact) mass is 344 g/mol. The van der Waals surface area contributed by atoms with Gasteiger partial charge in [-0.25, -0.2) is 0 Å². The molecule has 0 atom stereocenters. The summed E-state index contributed by atoms with van der Waals surface area (Å²) in [6.45, 7) is 4.24. The molecule has 1 aliphatic carbocycles. The summed E-state index contributed by atoms with van der Waals surface area (Å²) < 4.78 is 2.37. The first-order valence-electron chi connectivity index (χ1n) is 8.84. The molecule has 0 spiro atoms. The van der Waals surface area contributed by atoms with Gasteiger partial charge in [-0.2, -0.15) is 0 Å². The van der Waals surface area contributed by atoms with Crippen LogP contribution in [-0.2, 0) is 6.42 Å². The Hall–Kier alpha value is -1.74. The van der Waals surface area contributed by atoms with E-state index in [1.807, 2.05) is 31.2 Å². The first-order chi connectivity index (χ1) is 11.5. The maximum absolute atomic E-state index is 12.2. The Bertz CT molecular complexity index is 742. The summed E-state index contributed by atoms with van der Waals surface area (Å²) in [5, 5.41) is 0.699. The Labute approximate surface area is 148 Å². The number of nitrogens with two attached hydrogens (primary N) is 1. The number of benzene rings is 1. The number of carbonyl (C=O) groups is 1. The van der Waals surface area contributed by atoms with Gasteiger partial charge < -0.3 is 10.3 Å². The molecule has 0 aliphatic heterocycles. The van der Waals surface area contributed by atoms with Crippen molar-refractivity contribution in [2.45, 2.75) is 58.4 Å². The number of carbonyl (C=O) groups excluding carboxylic acids is 1. The van der Waals surface area contributed by atoms with Gasteiger partial charge in [-0.3, -0.25) is 4.79 Å².